The second kappa shape index (κ2) is 8.51. The zero-order valence-electron chi connectivity index (χ0n) is 12.3. The minimum absolute atomic E-state index is 0.0996. The van der Waals surface area contributed by atoms with E-state index in [1.54, 1.807) is 0 Å². The zero-order valence-corrected chi connectivity index (χ0v) is 12.3. The maximum Gasteiger partial charge on any atom is 0.236 e. The van der Waals surface area contributed by atoms with Crippen molar-refractivity contribution in [1.29, 1.82) is 0 Å². The Hall–Kier alpha value is -0.570. The van der Waals surface area contributed by atoms with Gasteiger partial charge in [0, 0.05) is 12.6 Å². The molecule has 0 radical (unpaired) electrons. The van der Waals surface area contributed by atoms with E-state index in [2.05, 4.69) is 38.3 Å². The van der Waals surface area contributed by atoms with Gasteiger partial charge in [0.2, 0.25) is 5.91 Å². The van der Waals surface area contributed by atoms with Gasteiger partial charge in [-0.05, 0) is 38.5 Å². The normalized spacial score (nSPS) is 13.5. The summed E-state index contributed by atoms with van der Waals surface area (Å²) in [4.78, 5) is 11.7. The molecule has 0 aromatic heterocycles. The summed E-state index contributed by atoms with van der Waals surface area (Å²) in [6.07, 6.45) is 2.25. The van der Waals surface area contributed by atoms with E-state index >= 15 is 0 Å². The number of hydrogen-bond acceptors (Lipinski definition) is 2. The summed E-state index contributed by atoms with van der Waals surface area (Å²) in [5, 5.41) is 6.31. The zero-order chi connectivity index (χ0) is 13.4. The van der Waals surface area contributed by atoms with Gasteiger partial charge in [0.15, 0.2) is 0 Å². The Morgan fingerprint density at radius 2 is 1.47 bits per heavy atom. The molecule has 3 heteroatoms. The summed E-state index contributed by atoms with van der Waals surface area (Å²) in [7, 11) is 0. The number of amides is 1. The van der Waals surface area contributed by atoms with Crippen molar-refractivity contribution in [2.45, 2.75) is 66.5 Å². The lowest BCUT2D eigenvalue weighted by Crippen LogP contribution is -2.47. The van der Waals surface area contributed by atoms with Gasteiger partial charge in [-0.3, -0.25) is 4.79 Å². The Morgan fingerprint density at radius 1 is 1.00 bits per heavy atom. The van der Waals surface area contributed by atoms with E-state index in [9.17, 15) is 4.79 Å². The third kappa shape index (κ3) is 8.19. The smallest absolute Gasteiger partial charge is 0.236 e. The van der Waals surface area contributed by atoms with Crippen molar-refractivity contribution in [3.8, 4) is 0 Å². The molecule has 0 aromatic carbocycles. The van der Waals surface area contributed by atoms with Gasteiger partial charge < -0.3 is 10.6 Å². The molecule has 0 saturated carbocycles. The third-order valence-corrected chi connectivity index (χ3v) is 2.74. The van der Waals surface area contributed by atoms with Gasteiger partial charge in [-0.15, -0.1) is 0 Å². The highest BCUT2D eigenvalue weighted by Gasteiger charge is 2.18. The molecular weight excluding hydrogens is 212 g/mol. The molecule has 0 fully saturated rings. The number of carbonyl (C=O) groups is 1. The lowest BCUT2D eigenvalue weighted by Gasteiger charge is -2.25. The second-order valence-corrected chi connectivity index (χ2v) is 5.74. The van der Waals surface area contributed by atoms with Crippen LogP contribution in [0.15, 0.2) is 0 Å². The Bertz CT molecular complexity index is 204. The van der Waals surface area contributed by atoms with Crippen molar-refractivity contribution in [3.63, 3.8) is 0 Å². The van der Waals surface area contributed by atoms with E-state index in [1.165, 1.54) is 0 Å². The number of rotatable bonds is 8. The molecular formula is C14H30N2O. The molecule has 0 saturated heterocycles. The Labute approximate surface area is 107 Å². The number of nitrogens with one attached hydrogen (secondary N) is 2. The monoisotopic (exact) mass is 242 g/mol. The van der Waals surface area contributed by atoms with Crippen molar-refractivity contribution < 1.29 is 4.79 Å². The number of likely N-dealkylation sites (N-methyl/N-ethyl adjacent to an activating group) is 1. The molecule has 1 unspecified atom stereocenters. The van der Waals surface area contributed by atoms with Gasteiger partial charge in [0.25, 0.3) is 0 Å². The first-order valence-corrected chi connectivity index (χ1v) is 6.90. The Balaban J connectivity index is 4.25. The molecule has 0 spiro atoms. The van der Waals surface area contributed by atoms with Crippen molar-refractivity contribution in [2.75, 3.05) is 6.54 Å². The van der Waals surface area contributed by atoms with Gasteiger partial charge in [0.05, 0.1) is 6.04 Å². The highest BCUT2D eigenvalue weighted by Crippen LogP contribution is 2.13. The van der Waals surface area contributed by atoms with Crippen molar-refractivity contribution in [3.05, 3.63) is 0 Å². The average Bonchev–Trinajstić information content (AvgIpc) is 2.15. The molecule has 0 aromatic rings. The fraction of sp³-hybridized carbons (Fsp3) is 0.929. The molecule has 17 heavy (non-hydrogen) atoms. The van der Waals surface area contributed by atoms with E-state index in [4.69, 9.17) is 0 Å². The van der Waals surface area contributed by atoms with Crippen LogP contribution < -0.4 is 10.6 Å². The van der Waals surface area contributed by atoms with Crippen LogP contribution in [0.4, 0.5) is 0 Å². The molecule has 0 aliphatic carbocycles. The quantitative estimate of drug-likeness (QED) is 0.687. The molecule has 0 rings (SSSR count). The van der Waals surface area contributed by atoms with E-state index in [0.717, 1.165) is 12.8 Å². The Morgan fingerprint density at radius 3 is 1.82 bits per heavy atom. The summed E-state index contributed by atoms with van der Waals surface area (Å²) in [5.41, 5.74) is 0. The maximum atomic E-state index is 11.7. The van der Waals surface area contributed by atoms with Crippen LogP contribution in [0.1, 0.15) is 54.4 Å². The first-order valence-electron chi connectivity index (χ1n) is 6.90. The minimum Gasteiger partial charge on any atom is -0.355 e. The predicted octanol–water partition coefficient (Wildman–Crippen LogP) is 2.56. The molecule has 0 aliphatic rings. The van der Waals surface area contributed by atoms with Gasteiger partial charge in [-0.1, -0.05) is 27.7 Å². The van der Waals surface area contributed by atoms with Crippen LogP contribution in [0, 0.1) is 11.8 Å². The molecule has 102 valence electrons. The van der Waals surface area contributed by atoms with E-state index in [1.807, 2.05) is 13.8 Å². The highest BCUT2D eigenvalue weighted by molar-refractivity contribution is 5.81. The van der Waals surface area contributed by atoms with Crippen LogP contribution in [-0.2, 0) is 4.79 Å². The van der Waals surface area contributed by atoms with Crippen LogP contribution in [-0.4, -0.2) is 24.5 Å². The largest absolute Gasteiger partial charge is 0.355 e. The molecule has 3 nitrogen and oxygen atoms in total. The third-order valence-electron chi connectivity index (χ3n) is 2.74. The lowest BCUT2D eigenvalue weighted by atomic mass is 9.95. The summed E-state index contributed by atoms with van der Waals surface area (Å²) < 4.78 is 0. The SMILES string of the molecule is CCNC(=O)C(C)NC(CC(C)C)CC(C)C. The van der Waals surface area contributed by atoms with Crippen LogP contribution in [0.5, 0.6) is 0 Å². The summed E-state index contributed by atoms with van der Waals surface area (Å²) in [6, 6.07) is 0.338. The fourth-order valence-electron chi connectivity index (χ4n) is 2.13. The summed E-state index contributed by atoms with van der Waals surface area (Å²) in [6.45, 7) is 13.5. The van der Waals surface area contributed by atoms with Gasteiger partial charge >= 0.3 is 0 Å². The van der Waals surface area contributed by atoms with Gasteiger partial charge in [-0.2, -0.15) is 0 Å². The topological polar surface area (TPSA) is 41.1 Å². The maximum absolute atomic E-state index is 11.7. The Kier molecular flexibility index (Phi) is 8.23. The van der Waals surface area contributed by atoms with E-state index in [0.29, 0.717) is 24.4 Å². The lowest BCUT2D eigenvalue weighted by molar-refractivity contribution is -0.122. The predicted molar refractivity (Wildman–Crippen MR) is 74.0 cm³/mol. The van der Waals surface area contributed by atoms with Crippen molar-refractivity contribution >= 4 is 5.91 Å². The average molecular weight is 242 g/mol. The standard InChI is InChI=1S/C14H30N2O/c1-7-15-14(17)12(6)16-13(8-10(2)3)9-11(4)5/h10-13,16H,7-9H2,1-6H3,(H,15,17). The summed E-state index contributed by atoms with van der Waals surface area (Å²) in [5.74, 6) is 1.42. The minimum atomic E-state index is -0.0996. The fourth-order valence-corrected chi connectivity index (χ4v) is 2.13. The molecule has 0 aliphatic heterocycles. The second-order valence-electron chi connectivity index (χ2n) is 5.74. The van der Waals surface area contributed by atoms with Gasteiger partial charge in [0.1, 0.15) is 0 Å². The van der Waals surface area contributed by atoms with Crippen LogP contribution >= 0.6 is 0 Å². The number of hydrogen-bond donors (Lipinski definition) is 2. The molecule has 1 amide bonds. The van der Waals surface area contributed by atoms with E-state index in [-0.39, 0.29) is 11.9 Å². The molecule has 2 N–H and O–H groups in total. The van der Waals surface area contributed by atoms with Crippen LogP contribution in [0.2, 0.25) is 0 Å². The first kappa shape index (κ1) is 16.4. The van der Waals surface area contributed by atoms with Crippen LogP contribution in [0.25, 0.3) is 0 Å². The molecule has 1 atom stereocenters. The van der Waals surface area contributed by atoms with Gasteiger partial charge in [-0.25, -0.2) is 0 Å². The molecule has 0 heterocycles. The van der Waals surface area contributed by atoms with Crippen LogP contribution in [0.3, 0.4) is 0 Å². The van der Waals surface area contributed by atoms with E-state index < -0.39 is 0 Å². The van der Waals surface area contributed by atoms with Crippen molar-refractivity contribution in [2.24, 2.45) is 11.8 Å². The van der Waals surface area contributed by atoms with Crippen molar-refractivity contribution in [1.82, 2.24) is 10.6 Å². The highest BCUT2D eigenvalue weighted by atomic mass is 16.2. The molecule has 0 bridgehead atoms. The first-order chi connectivity index (χ1) is 7.86. The summed E-state index contributed by atoms with van der Waals surface area (Å²) >= 11 is 0. The number of carbonyl (C=O) groups excluding carboxylic acids is 1.